The van der Waals surface area contributed by atoms with E-state index in [0.29, 0.717) is 25.1 Å². The number of unbranched alkanes of at least 4 members (excludes halogenated alkanes) is 1. The van der Waals surface area contributed by atoms with E-state index in [2.05, 4.69) is 22.5 Å². The predicted molar refractivity (Wildman–Crippen MR) is 122 cm³/mol. The summed E-state index contributed by atoms with van der Waals surface area (Å²) < 4.78 is 8.10. The molecule has 0 unspecified atom stereocenters. The van der Waals surface area contributed by atoms with Crippen LogP contribution in [0.2, 0.25) is 5.02 Å². The molecule has 0 saturated heterocycles. The van der Waals surface area contributed by atoms with E-state index in [0.717, 1.165) is 52.6 Å². The molecule has 0 atom stereocenters. The van der Waals surface area contributed by atoms with E-state index in [4.69, 9.17) is 21.3 Å². The molecule has 6 heteroatoms. The number of nitrogens with zero attached hydrogens (tertiary/aromatic N) is 2. The van der Waals surface area contributed by atoms with Crippen LogP contribution in [-0.4, -0.2) is 28.6 Å². The largest absolute Gasteiger partial charge is 0.494 e. The van der Waals surface area contributed by atoms with Crippen molar-refractivity contribution in [3.8, 4) is 5.75 Å². The number of hydrogen-bond acceptors (Lipinski definition) is 3. The molecule has 0 saturated carbocycles. The molecule has 3 aromatic rings. The van der Waals surface area contributed by atoms with Crippen LogP contribution >= 0.6 is 11.6 Å². The van der Waals surface area contributed by atoms with E-state index >= 15 is 0 Å². The Bertz CT molecular complexity index is 1040. The molecule has 30 heavy (non-hydrogen) atoms. The van der Waals surface area contributed by atoms with E-state index in [1.807, 2.05) is 43.3 Å². The maximum Gasteiger partial charge on any atom is 0.246 e. The highest BCUT2D eigenvalue weighted by Crippen LogP contribution is 2.21. The van der Waals surface area contributed by atoms with Crippen LogP contribution in [0.5, 0.6) is 5.75 Å². The zero-order valence-electron chi connectivity index (χ0n) is 17.6. The third-order valence-electron chi connectivity index (χ3n) is 4.93. The minimum atomic E-state index is -0.118. The van der Waals surface area contributed by atoms with E-state index in [9.17, 15) is 4.79 Å². The third-order valence-corrected chi connectivity index (χ3v) is 5.35. The first-order valence-corrected chi connectivity index (χ1v) is 10.6. The molecule has 0 radical (unpaired) electrons. The molecule has 0 aliphatic carbocycles. The van der Waals surface area contributed by atoms with Gasteiger partial charge in [0.15, 0.2) is 0 Å². The highest BCUT2D eigenvalue weighted by atomic mass is 35.5. The van der Waals surface area contributed by atoms with Crippen LogP contribution in [0.3, 0.4) is 0 Å². The minimum Gasteiger partial charge on any atom is -0.494 e. The van der Waals surface area contributed by atoms with Crippen LogP contribution < -0.4 is 10.1 Å². The van der Waals surface area contributed by atoms with Crippen LogP contribution in [0.15, 0.2) is 54.6 Å². The zero-order valence-corrected chi connectivity index (χ0v) is 18.3. The second-order valence-corrected chi connectivity index (χ2v) is 7.83. The van der Waals surface area contributed by atoms with Crippen molar-refractivity contribution in [3.05, 3.63) is 71.0 Å². The van der Waals surface area contributed by atoms with Gasteiger partial charge in [-0.2, -0.15) is 0 Å². The van der Waals surface area contributed by atoms with E-state index in [-0.39, 0.29) is 5.91 Å². The average molecular weight is 426 g/mol. The van der Waals surface area contributed by atoms with Crippen LogP contribution in [0.1, 0.15) is 31.2 Å². The Kier molecular flexibility index (Phi) is 7.52. The molecule has 1 amide bonds. The normalized spacial score (nSPS) is 10.9. The molecule has 0 fully saturated rings. The van der Waals surface area contributed by atoms with Gasteiger partial charge in [-0.3, -0.25) is 4.79 Å². The van der Waals surface area contributed by atoms with Gasteiger partial charge in [-0.25, -0.2) is 4.98 Å². The fourth-order valence-corrected chi connectivity index (χ4v) is 3.39. The van der Waals surface area contributed by atoms with Crippen molar-refractivity contribution < 1.29 is 9.53 Å². The van der Waals surface area contributed by atoms with Crippen LogP contribution in [0.25, 0.3) is 11.0 Å². The number of nitrogens with one attached hydrogen (secondary N) is 1. The van der Waals surface area contributed by atoms with Crippen LogP contribution in [0, 0.1) is 6.92 Å². The standard InChI is InChI=1S/C24H28ClN3O2/c1-17(2)24(29)26-13-12-23-27-21-8-4-5-9-22(21)28(23)14-6-7-15-30-19-10-11-20(25)18(3)16-19/h4-5,8-11,16H,1,6-7,12-15H2,2-3H3,(H,26,29). The summed E-state index contributed by atoms with van der Waals surface area (Å²) in [5, 5.41) is 3.64. The SMILES string of the molecule is C=C(C)C(=O)NCCc1nc2ccccc2n1CCCCOc1ccc(Cl)c(C)c1. The second-order valence-electron chi connectivity index (χ2n) is 7.42. The number of carbonyl (C=O) groups excluding carboxylic acids is 1. The Morgan fingerprint density at radius 3 is 2.80 bits per heavy atom. The van der Waals surface area contributed by atoms with Crippen molar-refractivity contribution in [2.45, 2.75) is 39.7 Å². The number of ether oxygens (including phenoxy) is 1. The molecule has 158 valence electrons. The monoisotopic (exact) mass is 425 g/mol. The number of hydrogen-bond donors (Lipinski definition) is 1. The highest BCUT2D eigenvalue weighted by molar-refractivity contribution is 6.31. The Labute approximate surface area is 182 Å². The van der Waals surface area contributed by atoms with Gasteiger partial charge in [0.2, 0.25) is 5.91 Å². The molecule has 0 bridgehead atoms. The number of fused-ring (bicyclic) bond motifs is 1. The van der Waals surface area contributed by atoms with Crippen molar-refractivity contribution in [1.82, 2.24) is 14.9 Å². The van der Waals surface area contributed by atoms with Crippen molar-refractivity contribution in [2.75, 3.05) is 13.2 Å². The number of aryl methyl sites for hydroxylation is 2. The van der Waals surface area contributed by atoms with Crippen molar-refractivity contribution in [1.29, 1.82) is 0 Å². The third kappa shape index (κ3) is 5.63. The number of benzene rings is 2. The maximum atomic E-state index is 11.7. The van der Waals surface area contributed by atoms with E-state index in [1.165, 1.54) is 0 Å². The van der Waals surface area contributed by atoms with Gasteiger partial charge in [0.1, 0.15) is 11.6 Å². The average Bonchev–Trinajstić information content (AvgIpc) is 3.07. The molecule has 1 aromatic heterocycles. The number of carbonyl (C=O) groups is 1. The lowest BCUT2D eigenvalue weighted by molar-refractivity contribution is -0.117. The molecule has 0 aliphatic heterocycles. The number of rotatable bonds is 10. The smallest absolute Gasteiger partial charge is 0.246 e. The summed E-state index contributed by atoms with van der Waals surface area (Å²) in [5.74, 6) is 1.71. The van der Waals surface area contributed by atoms with E-state index in [1.54, 1.807) is 6.92 Å². The Morgan fingerprint density at radius 2 is 2.03 bits per heavy atom. The molecule has 5 nitrogen and oxygen atoms in total. The number of para-hydroxylation sites is 2. The molecule has 2 aromatic carbocycles. The maximum absolute atomic E-state index is 11.7. The Hall–Kier alpha value is -2.79. The minimum absolute atomic E-state index is 0.118. The quantitative estimate of drug-likeness (QED) is 0.363. The van der Waals surface area contributed by atoms with Crippen LogP contribution in [0.4, 0.5) is 0 Å². The number of amides is 1. The van der Waals surface area contributed by atoms with Gasteiger partial charge in [0.05, 0.1) is 17.6 Å². The topological polar surface area (TPSA) is 56.2 Å². The predicted octanol–water partition coefficient (Wildman–Crippen LogP) is 5.09. The van der Waals surface area contributed by atoms with Crippen molar-refractivity contribution in [3.63, 3.8) is 0 Å². The lowest BCUT2D eigenvalue weighted by atomic mass is 10.2. The lowest BCUT2D eigenvalue weighted by Crippen LogP contribution is -2.26. The second kappa shape index (κ2) is 10.3. The first-order valence-electron chi connectivity index (χ1n) is 10.2. The lowest BCUT2D eigenvalue weighted by Gasteiger charge is -2.11. The fourth-order valence-electron chi connectivity index (χ4n) is 3.27. The first kappa shape index (κ1) is 21.9. The summed E-state index contributed by atoms with van der Waals surface area (Å²) in [5.41, 5.74) is 3.63. The molecular weight excluding hydrogens is 398 g/mol. The van der Waals surface area contributed by atoms with E-state index < -0.39 is 0 Å². The summed E-state index contributed by atoms with van der Waals surface area (Å²) in [6, 6.07) is 13.9. The molecular formula is C24H28ClN3O2. The van der Waals surface area contributed by atoms with Gasteiger partial charge >= 0.3 is 0 Å². The van der Waals surface area contributed by atoms with Gasteiger partial charge < -0.3 is 14.6 Å². The van der Waals surface area contributed by atoms with Gasteiger partial charge in [-0.1, -0.05) is 30.3 Å². The summed E-state index contributed by atoms with van der Waals surface area (Å²) in [6.45, 7) is 9.39. The highest BCUT2D eigenvalue weighted by Gasteiger charge is 2.11. The molecule has 1 heterocycles. The molecule has 0 spiro atoms. The fraction of sp³-hybridized carbons (Fsp3) is 0.333. The van der Waals surface area contributed by atoms with Crippen LogP contribution in [-0.2, 0) is 17.8 Å². The summed E-state index contributed by atoms with van der Waals surface area (Å²) in [4.78, 5) is 16.5. The zero-order chi connectivity index (χ0) is 21.5. The first-order chi connectivity index (χ1) is 14.5. The molecule has 0 aliphatic rings. The summed E-state index contributed by atoms with van der Waals surface area (Å²) in [6.07, 6.45) is 2.58. The van der Waals surface area contributed by atoms with Gasteiger partial charge in [-0.05, 0) is 62.6 Å². The summed E-state index contributed by atoms with van der Waals surface area (Å²) in [7, 11) is 0. The summed E-state index contributed by atoms with van der Waals surface area (Å²) >= 11 is 6.06. The van der Waals surface area contributed by atoms with Gasteiger partial charge in [0, 0.05) is 30.1 Å². The Balaban J connectivity index is 1.56. The van der Waals surface area contributed by atoms with Gasteiger partial charge in [0.25, 0.3) is 0 Å². The van der Waals surface area contributed by atoms with Crippen molar-refractivity contribution in [2.24, 2.45) is 0 Å². The molecule has 1 N–H and O–H groups in total. The number of aromatic nitrogens is 2. The number of halogens is 1. The van der Waals surface area contributed by atoms with Gasteiger partial charge in [-0.15, -0.1) is 0 Å². The molecule has 3 rings (SSSR count). The Morgan fingerprint density at radius 1 is 1.23 bits per heavy atom. The van der Waals surface area contributed by atoms with Crippen molar-refractivity contribution >= 4 is 28.5 Å². The number of imidazole rings is 1.